The number of amides is 3. The molecule has 30 heavy (non-hydrogen) atoms. The Labute approximate surface area is 182 Å². The van der Waals surface area contributed by atoms with Crippen LogP contribution in [0.15, 0.2) is 24.3 Å². The number of nitrogens with one attached hydrogen (secondary N) is 2. The van der Waals surface area contributed by atoms with E-state index in [4.69, 9.17) is 4.74 Å². The highest BCUT2D eigenvalue weighted by Crippen LogP contribution is 2.35. The summed E-state index contributed by atoms with van der Waals surface area (Å²) in [4.78, 5) is 31.0. The summed E-state index contributed by atoms with van der Waals surface area (Å²) in [5.41, 5.74) is 1.02. The first kappa shape index (κ1) is 21.4. The molecule has 8 nitrogen and oxygen atoms in total. The first-order valence-corrected chi connectivity index (χ1v) is 11.6. The molecular formula is C21H31N5O3S. The Bertz CT molecular complexity index is 788. The van der Waals surface area contributed by atoms with Gasteiger partial charge >= 0.3 is 6.03 Å². The smallest absolute Gasteiger partial charge is 0.327 e. The number of rotatable bonds is 6. The Morgan fingerprint density at radius 2 is 1.93 bits per heavy atom. The van der Waals surface area contributed by atoms with Crippen LogP contribution in [0.2, 0.25) is 0 Å². The third-order valence-electron chi connectivity index (χ3n) is 6.29. The maximum absolute atomic E-state index is 13.0. The minimum atomic E-state index is -0.358. The van der Waals surface area contributed by atoms with Gasteiger partial charge < -0.3 is 14.5 Å². The predicted molar refractivity (Wildman–Crippen MR) is 117 cm³/mol. The van der Waals surface area contributed by atoms with Crippen LogP contribution >= 0.6 is 11.8 Å². The molecule has 0 bridgehead atoms. The molecule has 4 rings (SSSR count). The van der Waals surface area contributed by atoms with Gasteiger partial charge in [-0.3, -0.25) is 20.3 Å². The van der Waals surface area contributed by atoms with Crippen molar-refractivity contribution in [3.8, 4) is 5.75 Å². The fraction of sp³-hybridized carbons (Fsp3) is 0.619. The number of carbonyl (C=O) groups excluding carboxylic acids is 2. The number of urea groups is 1. The number of hydrogen-bond acceptors (Lipinski definition) is 7. The van der Waals surface area contributed by atoms with Gasteiger partial charge in [0, 0.05) is 26.4 Å². The molecule has 0 aromatic heterocycles. The van der Waals surface area contributed by atoms with Gasteiger partial charge in [-0.25, -0.2) is 4.79 Å². The van der Waals surface area contributed by atoms with E-state index < -0.39 is 0 Å². The van der Waals surface area contributed by atoms with Crippen molar-refractivity contribution < 1.29 is 14.3 Å². The maximum atomic E-state index is 13.0. The summed E-state index contributed by atoms with van der Waals surface area (Å²) >= 11 is 1.78. The lowest BCUT2D eigenvalue weighted by Gasteiger charge is -2.50. The van der Waals surface area contributed by atoms with Crippen molar-refractivity contribution >= 4 is 23.7 Å². The van der Waals surface area contributed by atoms with E-state index in [0.717, 1.165) is 36.7 Å². The zero-order chi connectivity index (χ0) is 21.3. The second-order valence-corrected chi connectivity index (χ2v) is 9.39. The number of thioether (sulfide) groups is 1. The minimum absolute atomic E-state index is 0.0967. The topological polar surface area (TPSA) is 77.2 Å². The number of ether oxygens (including phenoxy) is 1. The standard InChI is InChI=1S/C21H31N5O3S/c1-24-18-16(20(27)25(2)21(24)28)19(30-12-11-26-9-4-5-10-26)23-17(22-18)14-7-6-8-15(13-14)29-3/h6-8,13,16-19,22-23H,4-5,9-12H2,1-3H3. The highest BCUT2D eigenvalue weighted by Gasteiger charge is 2.51. The molecule has 4 unspecified atom stereocenters. The quantitative estimate of drug-likeness (QED) is 0.704. The van der Waals surface area contributed by atoms with Crippen LogP contribution in [-0.4, -0.2) is 84.8 Å². The van der Waals surface area contributed by atoms with E-state index in [0.29, 0.717) is 0 Å². The fourth-order valence-corrected chi connectivity index (χ4v) is 5.85. The van der Waals surface area contributed by atoms with Crippen LogP contribution in [0.1, 0.15) is 24.6 Å². The van der Waals surface area contributed by atoms with Crippen LogP contribution in [-0.2, 0) is 4.79 Å². The molecule has 0 radical (unpaired) electrons. The van der Waals surface area contributed by atoms with Gasteiger partial charge in [-0.2, -0.15) is 0 Å². The summed E-state index contributed by atoms with van der Waals surface area (Å²) in [6, 6.07) is 7.59. The largest absolute Gasteiger partial charge is 0.497 e. The molecule has 3 amide bonds. The van der Waals surface area contributed by atoms with Gasteiger partial charge in [0.05, 0.1) is 30.7 Å². The number of likely N-dealkylation sites (tertiary alicyclic amines) is 1. The second kappa shape index (κ2) is 9.13. The second-order valence-electron chi connectivity index (χ2n) is 8.14. The molecule has 164 valence electrons. The molecule has 4 atom stereocenters. The van der Waals surface area contributed by atoms with Gasteiger partial charge in [-0.1, -0.05) is 12.1 Å². The monoisotopic (exact) mass is 433 g/mol. The van der Waals surface area contributed by atoms with Crippen molar-refractivity contribution in [3.05, 3.63) is 29.8 Å². The van der Waals surface area contributed by atoms with Crippen molar-refractivity contribution in [1.82, 2.24) is 25.3 Å². The molecule has 0 saturated carbocycles. The third-order valence-corrected chi connectivity index (χ3v) is 7.49. The van der Waals surface area contributed by atoms with E-state index in [1.165, 1.54) is 17.7 Å². The molecule has 3 aliphatic rings. The predicted octanol–water partition coefficient (Wildman–Crippen LogP) is 1.51. The molecule has 2 N–H and O–H groups in total. The van der Waals surface area contributed by atoms with Gasteiger partial charge in [-0.15, -0.1) is 11.8 Å². The van der Waals surface area contributed by atoms with E-state index in [-0.39, 0.29) is 35.6 Å². The fourth-order valence-electron chi connectivity index (χ4n) is 4.53. The molecular weight excluding hydrogens is 402 g/mol. The Morgan fingerprint density at radius 1 is 1.17 bits per heavy atom. The Kier molecular flexibility index (Phi) is 6.52. The van der Waals surface area contributed by atoms with Crippen molar-refractivity contribution in [2.24, 2.45) is 5.92 Å². The molecule has 3 saturated heterocycles. The number of hydrogen-bond donors (Lipinski definition) is 2. The zero-order valence-corrected chi connectivity index (χ0v) is 18.7. The van der Waals surface area contributed by atoms with Crippen LogP contribution in [0.25, 0.3) is 0 Å². The van der Waals surface area contributed by atoms with Crippen molar-refractivity contribution in [1.29, 1.82) is 0 Å². The number of carbonyl (C=O) groups is 2. The van der Waals surface area contributed by atoms with Crippen LogP contribution in [0.4, 0.5) is 4.79 Å². The van der Waals surface area contributed by atoms with Gasteiger partial charge in [0.25, 0.3) is 0 Å². The maximum Gasteiger partial charge on any atom is 0.327 e. The van der Waals surface area contributed by atoms with Gasteiger partial charge in [0.2, 0.25) is 5.91 Å². The highest BCUT2D eigenvalue weighted by molar-refractivity contribution is 7.99. The number of nitrogens with zero attached hydrogens (tertiary/aromatic N) is 3. The molecule has 3 fully saturated rings. The summed E-state index contributed by atoms with van der Waals surface area (Å²) in [6.45, 7) is 3.35. The Balaban J connectivity index is 1.55. The van der Waals surface area contributed by atoms with Gasteiger partial charge in [-0.05, 0) is 43.6 Å². The average molecular weight is 434 g/mol. The number of benzene rings is 1. The summed E-state index contributed by atoms with van der Waals surface area (Å²) in [7, 11) is 4.98. The highest BCUT2D eigenvalue weighted by atomic mass is 32.2. The molecule has 1 aromatic rings. The van der Waals surface area contributed by atoms with Crippen LogP contribution in [0.5, 0.6) is 5.75 Å². The average Bonchev–Trinajstić information content (AvgIpc) is 3.29. The van der Waals surface area contributed by atoms with Crippen LogP contribution < -0.4 is 15.4 Å². The number of fused-ring (bicyclic) bond motifs is 1. The lowest BCUT2D eigenvalue weighted by Crippen LogP contribution is -2.72. The molecule has 3 heterocycles. The van der Waals surface area contributed by atoms with Gasteiger partial charge in [0.15, 0.2) is 0 Å². The summed E-state index contributed by atoms with van der Waals surface area (Å²) in [5.74, 6) is 1.25. The lowest BCUT2D eigenvalue weighted by molar-refractivity contribution is -0.140. The molecule has 0 aliphatic carbocycles. The van der Waals surface area contributed by atoms with E-state index in [1.54, 1.807) is 37.9 Å². The van der Waals surface area contributed by atoms with Crippen LogP contribution in [0.3, 0.4) is 0 Å². The summed E-state index contributed by atoms with van der Waals surface area (Å²) in [5, 5.41) is 7.01. The zero-order valence-electron chi connectivity index (χ0n) is 17.8. The summed E-state index contributed by atoms with van der Waals surface area (Å²) in [6.07, 6.45) is 2.00. The first-order valence-electron chi connectivity index (χ1n) is 10.5. The molecule has 1 aromatic carbocycles. The first-order chi connectivity index (χ1) is 14.5. The van der Waals surface area contributed by atoms with E-state index >= 15 is 0 Å². The normalized spacial score (nSPS) is 30.0. The number of methoxy groups -OCH3 is 1. The Hall–Kier alpha value is -1.81. The SMILES string of the molecule is COc1cccc(C2NC(SCCN3CCCC3)C3C(=O)N(C)C(=O)N(C)C3N2)c1. The van der Waals surface area contributed by atoms with Crippen LogP contribution in [0, 0.1) is 5.92 Å². The Morgan fingerprint density at radius 3 is 2.67 bits per heavy atom. The van der Waals surface area contributed by atoms with Crippen molar-refractivity contribution in [2.45, 2.75) is 30.5 Å². The van der Waals surface area contributed by atoms with E-state index in [1.807, 2.05) is 24.3 Å². The third kappa shape index (κ3) is 4.16. The van der Waals surface area contributed by atoms with Gasteiger partial charge in [0.1, 0.15) is 5.75 Å². The molecule has 0 spiro atoms. The lowest BCUT2D eigenvalue weighted by atomic mass is 9.96. The molecule has 9 heteroatoms. The molecule has 3 aliphatic heterocycles. The number of imide groups is 1. The van der Waals surface area contributed by atoms with Crippen molar-refractivity contribution in [3.63, 3.8) is 0 Å². The van der Waals surface area contributed by atoms with E-state index in [2.05, 4.69) is 15.5 Å². The minimum Gasteiger partial charge on any atom is -0.497 e. The summed E-state index contributed by atoms with van der Waals surface area (Å²) < 4.78 is 5.38. The van der Waals surface area contributed by atoms with Crippen molar-refractivity contribution in [2.75, 3.05) is 46.6 Å². The van der Waals surface area contributed by atoms with E-state index in [9.17, 15) is 9.59 Å².